The van der Waals surface area contributed by atoms with Gasteiger partial charge in [-0.1, -0.05) is 25.1 Å². The number of alkyl halides is 3. The summed E-state index contributed by atoms with van der Waals surface area (Å²) in [5.74, 6) is 0. The third kappa shape index (κ3) is 3.01. The Hall–Kier alpha value is -1.82. The minimum atomic E-state index is -4.36. The second-order valence-corrected chi connectivity index (χ2v) is 4.62. The second-order valence-electron chi connectivity index (χ2n) is 4.62. The molecule has 20 heavy (non-hydrogen) atoms. The van der Waals surface area contributed by atoms with E-state index in [1.54, 1.807) is 16.8 Å². The first-order valence-corrected chi connectivity index (χ1v) is 6.34. The molecule has 108 valence electrons. The van der Waals surface area contributed by atoms with Gasteiger partial charge in [0.05, 0.1) is 17.6 Å². The lowest BCUT2D eigenvalue weighted by atomic mass is 10.1. The summed E-state index contributed by atoms with van der Waals surface area (Å²) in [7, 11) is 0. The molecule has 0 aliphatic carbocycles. The highest BCUT2D eigenvalue weighted by Gasteiger charge is 2.33. The maximum absolute atomic E-state index is 13.0. The number of aromatic nitrogens is 2. The molecule has 0 aliphatic heterocycles. The van der Waals surface area contributed by atoms with Crippen molar-refractivity contribution in [2.75, 3.05) is 0 Å². The van der Waals surface area contributed by atoms with Crippen LogP contribution in [0.1, 0.15) is 36.2 Å². The molecule has 0 radical (unpaired) electrons. The third-order valence-corrected chi connectivity index (χ3v) is 3.23. The Morgan fingerprint density at radius 3 is 2.65 bits per heavy atom. The predicted molar refractivity (Wildman–Crippen MR) is 70.0 cm³/mol. The lowest BCUT2D eigenvalue weighted by Crippen LogP contribution is -2.16. The molecule has 0 unspecified atom stereocenters. The van der Waals surface area contributed by atoms with Crippen LogP contribution in [0.3, 0.4) is 0 Å². The van der Waals surface area contributed by atoms with E-state index in [1.807, 2.05) is 6.92 Å². The summed E-state index contributed by atoms with van der Waals surface area (Å²) in [6, 6.07) is 5.32. The second kappa shape index (κ2) is 5.66. The summed E-state index contributed by atoms with van der Waals surface area (Å²) >= 11 is 0. The average Bonchev–Trinajstić information content (AvgIpc) is 2.85. The van der Waals surface area contributed by atoms with E-state index in [9.17, 15) is 13.2 Å². The summed E-state index contributed by atoms with van der Waals surface area (Å²) in [6.45, 7) is 2.03. The number of imidazole rings is 1. The van der Waals surface area contributed by atoms with Crippen molar-refractivity contribution in [1.82, 2.24) is 9.55 Å². The first kappa shape index (κ1) is 14.6. The SMILES string of the molecule is CC[C@@H](N)c1cncn1Cc1ccccc1C(F)(F)F. The van der Waals surface area contributed by atoms with Crippen molar-refractivity contribution in [1.29, 1.82) is 0 Å². The maximum atomic E-state index is 13.0. The zero-order valence-corrected chi connectivity index (χ0v) is 11.1. The minimum Gasteiger partial charge on any atom is -0.329 e. The molecule has 1 aromatic heterocycles. The van der Waals surface area contributed by atoms with Crippen LogP contribution in [-0.2, 0) is 12.7 Å². The Morgan fingerprint density at radius 2 is 2.00 bits per heavy atom. The molecule has 2 aromatic rings. The van der Waals surface area contributed by atoms with Gasteiger partial charge in [0.1, 0.15) is 0 Å². The molecular weight excluding hydrogens is 267 g/mol. The number of benzene rings is 1. The van der Waals surface area contributed by atoms with Gasteiger partial charge in [0.25, 0.3) is 0 Å². The lowest BCUT2D eigenvalue weighted by Gasteiger charge is -2.16. The summed E-state index contributed by atoms with van der Waals surface area (Å²) < 4.78 is 40.5. The molecule has 0 amide bonds. The fourth-order valence-corrected chi connectivity index (χ4v) is 2.10. The summed E-state index contributed by atoms with van der Waals surface area (Å²) in [6.07, 6.45) is -0.542. The first-order chi connectivity index (χ1) is 9.43. The Morgan fingerprint density at radius 1 is 1.30 bits per heavy atom. The number of hydrogen-bond acceptors (Lipinski definition) is 2. The number of halogens is 3. The van der Waals surface area contributed by atoms with Gasteiger partial charge in [-0.05, 0) is 18.1 Å². The monoisotopic (exact) mass is 283 g/mol. The van der Waals surface area contributed by atoms with Gasteiger partial charge >= 0.3 is 6.18 Å². The van der Waals surface area contributed by atoms with Gasteiger partial charge in [-0.25, -0.2) is 4.98 Å². The number of nitrogens with zero attached hydrogens (tertiary/aromatic N) is 2. The van der Waals surface area contributed by atoms with E-state index in [-0.39, 0.29) is 18.2 Å². The largest absolute Gasteiger partial charge is 0.416 e. The third-order valence-electron chi connectivity index (χ3n) is 3.23. The Balaban J connectivity index is 2.34. The molecule has 1 aromatic carbocycles. The molecule has 0 saturated heterocycles. The van der Waals surface area contributed by atoms with E-state index in [0.717, 1.165) is 11.8 Å². The van der Waals surface area contributed by atoms with E-state index < -0.39 is 11.7 Å². The number of rotatable bonds is 4. The van der Waals surface area contributed by atoms with E-state index in [4.69, 9.17) is 5.73 Å². The van der Waals surface area contributed by atoms with Crippen molar-refractivity contribution in [2.24, 2.45) is 5.73 Å². The highest BCUT2D eigenvalue weighted by Crippen LogP contribution is 2.32. The molecule has 2 N–H and O–H groups in total. The van der Waals surface area contributed by atoms with Crippen molar-refractivity contribution in [3.63, 3.8) is 0 Å². The molecule has 3 nitrogen and oxygen atoms in total. The van der Waals surface area contributed by atoms with Gasteiger partial charge in [-0.2, -0.15) is 13.2 Å². The summed E-state index contributed by atoms with van der Waals surface area (Å²) in [5, 5.41) is 0. The van der Waals surface area contributed by atoms with Crippen LogP contribution in [0.2, 0.25) is 0 Å². The van der Waals surface area contributed by atoms with Crippen LogP contribution in [0.5, 0.6) is 0 Å². The van der Waals surface area contributed by atoms with Crippen LogP contribution in [0.15, 0.2) is 36.8 Å². The molecule has 0 aliphatic rings. The van der Waals surface area contributed by atoms with E-state index in [2.05, 4.69) is 4.98 Å². The van der Waals surface area contributed by atoms with Gasteiger partial charge in [0, 0.05) is 18.8 Å². The van der Waals surface area contributed by atoms with Crippen molar-refractivity contribution in [2.45, 2.75) is 32.1 Å². The van der Waals surface area contributed by atoms with Crippen LogP contribution < -0.4 is 5.73 Å². The van der Waals surface area contributed by atoms with Crippen molar-refractivity contribution >= 4 is 0 Å². The Labute approximate surface area is 115 Å². The lowest BCUT2D eigenvalue weighted by molar-refractivity contribution is -0.138. The van der Waals surface area contributed by atoms with Gasteiger partial charge in [-0.3, -0.25) is 0 Å². The van der Waals surface area contributed by atoms with Crippen LogP contribution in [-0.4, -0.2) is 9.55 Å². The van der Waals surface area contributed by atoms with Gasteiger partial charge < -0.3 is 10.3 Å². The average molecular weight is 283 g/mol. The molecule has 1 heterocycles. The fourth-order valence-electron chi connectivity index (χ4n) is 2.10. The molecule has 1 atom stereocenters. The molecule has 0 bridgehead atoms. The number of nitrogens with two attached hydrogens (primary N) is 1. The molecule has 2 rings (SSSR count). The van der Waals surface area contributed by atoms with Crippen molar-refractivity contribution in [3.8, 4) is 0 Å². The van der Waals surface area contributed by atoms with E-state index >= 15 is 0 Å². The minimum absolute atomic E-state index is 0.110. The van der Waals surface area contributed by atoms with E-state index in [1.165, 1.54) is 18.5 Å². The van der Waals surface area contributed by atoms with Crippen LogP contribution in [0.25, 0.3) is 0 Å². The highest BCUT2D eigenvalue weighted by molar-refractivity contribution is 5.30. The fraction of sp³-hybridized carbons (Fsp3) is 0.357. The van der Waals surface area contributed by atoms with Crippen molar-refractivity contribution < 1.29 is 13.2 Å². The normalized spacial score (nSPS) is 13.4. The summed E-state index contributed by atoms with van der Waals surface area (Å²) in [5.41, 5.74) is 6.26. The summed E-state index contributed by atoms with van der Waals surface area (Å²) in [4.78, 5) is 3.98. The number of hydrogen-bond donors (Lipinski definition) is 1. The maximum Gasteiger partial charge on any atom is 0.416 e. The van der Waals surface area contributed by atoms with E-state index in [0.29, 0.717) is 6.42 Å². The topological polar surface area (TPSA) is 43.8 Å². The predicted octanol–water partition coefficient (Wildman–Crippen LogP) is 3.36. The first-order valence-electron chi connectivity index (χ1n) is 6.34. The zero-order valence-electron chi connectivity index (χ0n) is 11.1. The Bertz CT molecular complexity index is 575. The van der Waals surface area contributed by atoms with Crippen LogP contribution in [0.4, 0.5) is 13.2 Å². The zero-order chi connectivity index (χ0) is 14.8. The standard InChI is InChI=1S/C14H16F3N3/c1-2-12(18)13-7-19-9-20(13)8-10-5-3-4-6-11(10)14(15,16)17/h3-7,9,12H,2,8,18H2,1H3/t12-/m1/s1. The highest BCUT2D eigenvalue weighted by atomic mass is 19.4. The molecule has 0 saturated carbocycles. The van der Waals surface area contributed by atoms with Crippen LogP contribution in [0, 0.1) is 0 Å². The van der Waals surface area contributed by atoms with Gasteiger partial charge in [0.15, 0.2) is 0 Å². The van der Waals surface area contributed by atoms with Gasteiger partial charge in [0.2, 0.25) is 0 Å². The quantitative estimate of drug-likeness (QED) is 0.935. The molecule has 0 fully saturated rings. The van der Waals surface area contributed by atoms with Gasteiger partial charge in [-0.15, -0.1) is 0 Å². The molecular formula is C14H16F3N3. The van der Waals surface area contributed by atoms with Crippen molar-refractivity contribution in [3.05, 3.63) is 53.6 Å². The molecule has 0 spiro atoms. The molecule has 6 heteroatoms. The van der Waals surface area contributed by atoms with Crippen LogP contribution >= 0.6 is 0 Å². The Kier molecular flexibility index (Phi) is 4.13. The smallest absolute Gasteiger partial charge is 0.329 e.